The fourth-order valence-corrected chi connectivity index (χ4v) is 4.16. The maximum Gasteiger partial charge on any atom is 0.289 e. The molecule has 0 radical (unpaired) electrons. The van der Waals surface area contributed by atoms with Crippen LogP contribution in [0.4, 0.5) is 0 Å². The molecular formula is C19H15Cl6N3O3. The first-order chi connectivity index (χ1) is 14.6. The number of hydrogen-bond acceptors (Lipinski definition) is 4. The van der Waals surface area contributed by atoms with Gasteiger partial charge in [0.15, 0.2) is 11.5 Å². The molecular weight excluding hydrogens is 531 g/mol. The van der Waals surface area contributed by atoms with Gasteiger partial charge in [0.25, 0.3) is 5.91 Å². The SMILES string of the molecule is CCn1ncc(Cl)c1CN(C)C(=O)c1ccc(COc2c(Cl)c(Cl)c(Cl)c(Cl)c2Cl)o1. The monoisotopic (exact) mass is 543 g/mol. The smallest absolute Gasteiger partial charge is 0.289 e. The van der Waals surface area contributed by atoms with Gasteiger partial charge in [0.05, 0.1) is 38.5 Å². The normalized spacial score (nSPS) is 11.1. The van der Waals surface area contributed by atoms with Crippen LogP contribution < -0.4 is 4.74 Å². The average molecular weight is 546 g/mol. The summed E-state index contributed by atoms with van der Waals surface area (Å²) in [5.74, 6) is 0.221. The molecule has 3 rings (SSSR count). The molecule has 1 amide bonds. The molecule has 0 fully saturated rings. The van der Waals surface area contributed by atoms with Crippen LogP contribution in [0.1, 0.15) is 28.9 Å². The van der Waals surface area contributed by atoms with E-state index in [2.05, 4.69) is 5.10 Å². The fourth-order valence-electron chi connectivity index (χ4n) is 2.73. The Morgan fingerprint density at radius 1 is 1.06 bits per heavy atom. The van der Waals surface area contributed by atoms with Crippen LogP contribution in [0.3, 0.4) is 0 Å². The van der Waals surface area contributed by atoms with E-state index >= 15 is 0 Å². The van der Waals surface area contributed by atoms with Crippen LogP contribution in [-0.2, 0) is 19.7 Å². The predicted octanol–water partition coefficient (Wildman–Crippen LogP) is 7.27. The van der Waals surface area contributed by atoms with E-state index in [0.717, 1.165) is 5.69 Å². The summed E-state index contributed by atoms with van der Waals surface area (Å²) in [7, 11) is 1.64. The van der Waals surface area contributed by atoms with Crippen LogP contribution in [0.15, 0.2) is 22.7 Å². The molecule has 0 spiro atoms. The van der Waals surface area contributed by atoms with Gasteiger partial charge in [0, 0.05) is 13.6 Å². The first-order valence-corrected chi connectivity index (χ1v) is 11.1. The third-order valence-electron chi connectivity index (χ3n) is 4.33. The van der Waals surface area contributed by atoms with Crippen LogP contribution in [0.2, 0.25) is 30.1 Å². The van der Waals surface area contributed by atoms with Crippen LogP contribution in [-0.4, -0.2) is 27.6 Å². The Labute approximate surface area is 208 Å². The standard InChI is InChI=1S/C19H15Cl6N3O3/c1-3-28-11(10(20)6-26-28)7-27(2)19(29)12-5-4-9(31-12)8-30-18-16(24)14(22)13(21)15(23)17(18)25/h4-6H,3,7-8H2,1-2H3. The number of ether oxygens (including phenoxy) is 1. The van der Waals surface area contributed by atoms with E-state index in [0.29, 0.717) is 17.3 Å². The summed E-state index contributed by atoms with van der Waals surface area (Å²) < 4.78 is 12.9. The molecule has 2 heterocycles. The molecule has 0 aliphatic carbocycles. The Hall–Kier alpha value is -1.28. The Morgan fingerprint density at radius 3 is 2.29 bits per heavy atom. The zero-order valence-corrected chi connectivity index (χ0v) is 20.7. The molecule has 0 saturated carbocycles. The van der Waals surface area contributed by atoms with Gasteiger partial charge in [0.1, 0.15) is 22.4 Å². The third kappa shape index (κ3) is 5.05. The van der Waals surface area contributed by atoms with Gasteiger partial charge >= 0.3 is 0 Å². The van der Waals surface area contributed by atoms with Crippen molar-refractivity contribution in [2.24, 2.45) is 0 Å². The van der Waals surface area contributed by atoms with Gasteiger partial charge in [-0.2, -0.15) is 5.10 Å². The van der Waals surface area contributed by atoms with E-state index in [1.54, 1.807) is 30.1 Å². The number of amides is 1. The molecule has 6 nitrogen and oxygen atoms in total. The molecule has 0 aliphatic heterocycles. The molecule has 1 aromatic carbocycles. The number of rotatable bonds is 7. The minimum Gasteiger partial charge on any atom is -0.482 e. The molecule has 31 heavy (non-hydrogen) atoms. The minimum absolute atomic E-state index is 0.0214. The van der Waals surface area contributed by atoms with Crippen LogP contribution in [0.5, 0.6) is 5.75 Å². The summed E-state index contributed by atoms with van der Waals surface area (Å²) in [4.78, 5) is 14.2. The Kier molecular flexibility index (Phi) is 7.95. The van der Waals surface area contributed by atoms with Gasteiger partial charge < -0.3 is 14.1 Å². The highest BCUT2D eigenvalue weighted by Crippen LogP contribution is 2.48. The zero-order valence-electron chi connectivity index (χ0n) is 16.2. The lowest BCUT2D eigenvalue weighted by atomic mass is 10.3. The summed E-state index contributed by atoms with van der Waals surface area (Å²) in [6.07, 6.45) is 1.55. The lowest BCUT2D eigenvalue weighted by molar-refractivity contribution is 0.0745. The zero-order chi connectivity index (χ0) is 22.9. The van der Waals surface area contributed by atoms with Crippen molar-refractivity contribution >= 4 is 75.5 Å². The summed E-state index contributed by atoms with van der Waals surface area (Å²) in [5, 5.41) is 4.78. The molecule has 0 bridgehead atoms. The van der Waals surface area contributed by atoms with Gasteiger partial charge in [-0.15, -0.1) is 0 Å². The fraction of sp³-hybridized carbons (Fsp3) is 0.263. The number of furan rings is 1. The Morgan fingerprint density at radius 2 is 1.68 bits per heavy atom. The van der Waals surface area contributed by atoms with Crippen molar-refractivity contribution in [2.75, 3.05) is 7.05 Å². The number of aryl methyl sites for hydroxylation is 1. The topological polar surface area (TPSA) is 60.5 Å². The molecule has 0 unspecified atom stereocenters. The van der Waals surface area contributed by atoms with E-state index in [4.69, 9.17) is 78.8 Å². The van der Waals surface area contributed by atoms with Crippen molar-refractivity contribution in [2.45, 2.75) is 26.6 Å². The highest BCUT2D eigenvalue weighted by molar-refractivity contribution is 6.55. The van der Waals surface area contributed by atoms with E-state index < -0.39 is 0 Å². The number of aromatic nitrogens is 2. The van der Waals surface area contributed by atoms with Crippen LogP contribution in [0, 0.1) is 0 Å². The van der Waals surface area contributed by atoms with E-state index in [1.165, 1.54) is 4.90 Å². The van der Waals surface area contributed by atoms with Crippen LogP contribution in [0.25, 0.3) is 0 Å². The summed E-state index contributed by atoms with van der Waals surface area (Å²) >= 11 is 36.5. The second-order valence-corrected chi connectivity index (χ2v) is 8.67. The highest BCUT2D eigenvalue weighted by atomic mass is 35.5. The summed E-state index contributed by atoms with van der Waals surface area (Å²) in [6, 6.07) is 3.15. The van der Waals surface area contributed by atoms with Crippen molar-refractivity contribution in [3.63, 3.8) is 0 Å². The second kappa shape index (κ2) is 10.1. The number of benzene rings is 1. The maximum absolute atomic E-state index is 12.7. The van der Waals surface area contributed by atoms with Gasteiger partial charge in [-0.05, 0) is 19.1 Å². The molecule has 0 N–H and O–H groups in total. The van der Waals surface area contributed by atoms with Gasteiger partial charge in [-0.25, -0.2) is 0 Å². The van der Waals surface area contributed by atoms with E-state index in [1.807, 2.05) is 6.92 Å². The van der Waals surface area contributed by atoms with Crippen LogP contribution >= 0.6 is 69.6 Å². The largest absolute Gasteiger partial charge is 0.482 e. The quantitative estimate of drug-likeness (QED) is 0.231. The molecule has 0 atom stereocenters. The molecule has 0 aliphatic rings. The first-order valence-electron chi connectivity index (χ1n) is 8.84. The Bertz CT molecular complexity index is 1100. The van der Waals surface area contributed by atoms with Gasteiger partial charge in [0.2, 0.25) is 0 Å². The predicted molar refractivity (Wildman–Crippen MR) is 123 cm³/mol. The summed E-state index contributed by atoms with van der Waals surface area (Å²) in [5.41, 5.74) is 0.732. The van der Waals surface area contributed by atoms with Gasteiger partial charge in [-0.1, -0.05) is 69.6 Å². The van der Waals surface area contributed by atoms with E-state index in [9.17, 15) is 4.79 Å². The summed E-state index contributed by atoms with van der Waals surface area (Å²) in [6.45, 7) is 2.77. The second-order valence-electron chi connectivity index (χ2n) is 6.37. The molecule has 3 aromatic rings. The van der Waals surface area contributed by atoms with Crippen molar-refractivity contribution in [1.29, 1.82) is 0 Å². The average Bonchev–Trinajstić information content (AvgIpc) is 3.37. The Balaban J connectivity index is 1.71. The minimum atomic E-state index is -0.334. The number of carbonyl (C=O) groups is 1. The highest BCUT2D eigenvalue weighted by Gasteiger charge is 2.22. The van der Waals surface area contributed by atoms with Crippen molar-refractivity contribution in [1.82, 2.24) is 14.7 Å². The molecule has 0 saturated heterocycles. The maximum atomic E-state index is 12.7. The lowest BCUT2D eigenvalue weighted by Crippen LogP contribution is -2.27. The number of hydrogen-bond donors (Lipinski definition) is 0. The lowest BCUT2D eigenvalue weighted by Gasteiger charge is -2.17. The van der Waals surface area contributed by atoms with E-state index in [-0.39, 0.29) is 55.7 Å². The molecule has 2 aromatic heterocycles. The molecule has 12 heteroatoms. The first kappa shape index (κ1) is 24.4. The molecule has 166 valence electrons. The number of halogens is 6. The number of carbonyl (C=O) groups excluding carboxylic acids is 1. The third-order valence-corrected chi connectivity index (χ3v) is 6.89. The number of nitrogens with zero attached hydrogens (tertiary/aromatic N) is 3. The van der Waals surface area contributed by atoms with Crippen molar-refractivity contribution in [3.8, 4) is 5.75 Å². The van der Waals surface area contributed by atoms with Crippen molar-refractivity contribution in [3.05, 3.63) is 65.7 Å². The van der Waals surface area contributed by atoms with Crippen molar-refractivity contribution < 1.29 is 13.9 Å². The van der Waals surface area contributed by atoms with Gasteiger partial charge in [-0.3, -0.25) is 9.48 Å².